The summed E-state index contributed by atoms with van der Waals surface area (Å²) in [5.74, 6) is 1.13. The first-order chi connectivity index (χ1) is 15.2. The number of carbonyl (C=O) groups is 2. The maximum absolute atomic E-state index is 12.1. The Hall–Kier alpha value is -4.26. The van der Waals surface area contributed by atoms with Crippen LogP contribution in [0.5, 0.6) is 17.2 Å². The molecule has 7 nitrogen and oxygen atoms in total. The average molecular weight is 415 g/mol. The molecule has 0 aliphatic carbocycles. The lowest BCUT2D eigenvalue weighted by atomic mass is 10.1. The Morgan fingerprint density at radius 3 is 2.19 bits per heavy atom. The van der Waals surface area contributed by atoms with Crippen molar-refractivity contribution in [1.82, 2.24) is 15.8 Å². The summed E-state index contributed by atoms with van der Waals surface area (Å²) in [7, 11) is 0. The molecule has 2 amide bonds. The second-order valence-corrected chi connectivity index (χ2v) is 6.81. The molecule has 0 aliphatic heterocycles. The lowest BCUT2D eigenvalue weighted by molar-refractivity contribution is -0.129. The van der Waals surface area contributed by atoms with E-state index in [0.29, 0.717) is 11.5 Å². The van der Waals surface area contributed by atoms with Crippen molar-refractivity contribution in [3.05, 3.63) is 90.6 Å². The zero-order valence-electron chi connectivity index (χ0n) is 16.6. The molecule has 4 aromatic rings. The number of hydrogen-bond donors (Lipinski definition) is 3. The molecule has 3 N–H and O–H groups in total. The predicted octanol–water partition coefficient (Wildman–Crippen LogP) is 3.73. The van der Waals surface area contributed by atoms with Gasteiger partial charge in [0.1, 0.15) is 17.2 Å². The molecule has 3 aromatic carbocycles. The van der Waals surface area contributed by atoms with Gasteiger partial charge in [-0.3, -0.25) is 20.4 Å². The summed E-state index contributed by atoms with van der Waals surface area (Å²) in [4.78, 5) is 27.2. The minimum atomic E-state index is -0.461. The number of aromatic amines is 1. The van der Waals surface area contributed by atoms with E-state index < -0.39 is 5.91 Å². The summed E-state index contributed by atoms with van der Waals surface area (Å²) in [5, 5.41) is 0.979. The molecule has 1 heterocycles. The number of ether oxygens (including phenoxy) is 2. The number of fused-ring (bicyclic) bond motifs is 1. The van der Waals surface area contributed by atoms with Crippen LogP contribution in [0.4, 0.5) is 0 Å². The van der Waals surface area contributed by atoms with E-state index in [2.05, 4.69) is 15.8 Å². The van der Waals surface area contributed by atoms with Crippen LogP contribution in [0.2, 0.25) is 0 Å². The normalized spacial score (nSPS) is 10.5. The van der Waals surface area contributed by atoms with Crippen LogP contribution in [0.25, 0.3) is 10.9 Å². The molecule has 156 valence electrons. The van der Waals surface area contributed by atoms with Crippen molar-refractivity contribution in [1.29, 1.82) is 0 Å². The minimum Gasteiger partial charge on any atom is -0.484 e. The van der Waals surface area contributed by atoms with Gasteiger partial charge in [-0.15, -0.1) is 0 Å². The molecule has 7 heteroatoms. The fraction of sp³-hybridized carbons (Fsp3) is 0.0833. The third-order valence-electron chi connectivity index (χ3n) is 4.54. The number of rotatable bonds is 7. The molecule has 0 radical (unpaired) electrons. The monoisotopic (exact) mass is 415 g/mol. The van der Waals surface area contributed by atoms with Gasteiger partial charge in [0.05, 0.1) is 6.42 Å². The highest BCUT2D eigenvalue weighted by atomic mass is 16.5. The first-order valence-corrected chi connectivity index (χ1v) is 9.76. The summed E-state index contributed by atoms with van der Waals surface area (Å²) >= 11 is 0. The van der Waals surface area contributed by atoms with Gasteiger partial charge in [0.2, 0.25) is 5.91 Å². The smallest absolute Gasteiger partial charge is 0.276 e. The summed E-state index contributed by atoms with van der Waals surface area (Å²) < 4.78 is 11.2. The third kappa shape index (κ3) is 5.42. The number of hydrogen-bond acceptors (Lipinski definition) is 4. The Kier molecular flexibility index (Phi) is 6.13. The summed E-state index contributed by atoms with van der Waals surface area (Å²) in [6.07, 6.45) is 1.94. The van der Waals surface area contributed by atoms with Crippen LogP contribution in [0.1, 0.15) is 5.56 Å². The topological polar surface area (TPSA) is 92.4 Å². The molecule has 31 heavy (non-hydrogen) atoms. The molecule has 0 aliphatic rings. The first-order valence-electron chi connectivity index (χ1n) is 9.76. The highest BCUT2D eigenvalue weighted by Gasteiger charge is 2.10. The fourth-order valence-corrected chi connectivity index (χ4v) is 3.05. The minimum absolute atomic E-state index is 0.147. The summed E-state index contributed by atoms with van der Waals surface area (Å²) in [5.41, 5.74) is 6.58. The highest BCUT2D eigenvalue weighted by molar-refractivity contribution is 5.89. The molecule has 0 spiro atoms. The second kappa shape index (κ2) is 9.49. The van der Waals surface area contributed by atoms with Crippen LogP contribution < -0.4 is 20.3 Å². The number of H-pyrrole nitrogens is 1. The van der Waals surface area contributed by atoms with Crippen LogP contribution in [0.3, 0.4) is 0 Å². The molecular formula is C24H21N3O4. The maximum atomic E-state index is 12.1. The van der Waals surface area contributed by atoms with Gasteiger partial charge in [0.25, 0.3) is 5.91 Å². The molecule has 0 unspecified atom stereocenters. The molecule has 4 rings (SSSR count). The van der Waals surface area contributed by atoms with E-state index in [9.17, 15) is 9.59 Å². The lowest BCUT2D eigenvalue weighted by Crippen LogP contribution is -2.44. The second-order valence-electron chi connectivity index (χ2n) is 6.81. The molecule has 0 bridgehead atoms. The van der Waals surface area contributed by atoms with Gasteiger partial charge in [0, 0.05) is 17.1 Å². The van der Waals surface area contributed by atoms with E-state index in [1.165, 1.54) is 0 Å². The Labute approximate surface area is 179 Å². The van der Waals surface area contributed by atoms with Crippen LogP contribution in [0, 0.1) is 0 Å². The van der Waals surface area contributed by atoms with Crippen LogP contribution in [0.15, 0.2) is 85.1 Å². The standard InChI is InChI=1S/C24H21N3O4/c28-23(14-17-15-25-22-9-5-4-8-21(17)22)26-27-24(29)16-30-18-10-12-20(13-11-18)31-19-6-2-1-3-7-19/h1-13,15,25H,14,16H2,(H,26,28)(H,27,29). The molecule has 0 saturated heterocycles. The van der Waals surface area contributed by atoms with Crippen molar-refractivity contribution in [3.8, 4) is 17.2 Å². The van der Waals surface area contributed by atoms with Gasteiger partial charge in [-0.05, 0) is 48.0 Å². The number of amides is 2. The van der Waals surface area contributed by atoms with E-state index >= 15 is 0 Å². The predicted molar refractivity (Wildman–Crippen MR) is 117 cm³/mol. The van der Waals surface area contributed by atoms with Gasteiger partial charge in [-0.1, -0.05) is 36.4 Å². The number of para-hydroxylation sites is 2. The number of aromatic nitrogens is 1. The van der Waals surface area contributed by atoms with E-state index in [1.807, 2.05) is 54.6 Å². The van der Waals surface area contributed by atoms with Gasteiger partial charge < -0.3 is 14.5 Å². The van der Waals surface area contributed by atoms with Crippen molar-refractivity contribution >= 4 is 22.7 Å². The quantitative estimate of drug-likeness (QED) is 0.401. The number of carbonyl (C=O) groups excluding carboxylic acids is 2. The van der Waals surface area contributed by atoms with Crippen LogP contribution in [-0.4, -0.2) is 23.4 Å². The van der Waals surface area contributed by atoms with Crippen LogP contribution in [-0.2, 0) is 16.0 Å². The highest BCUT2D eigenvalue weighted by Crippen LogP contribution is 2.23. The molecule has 0 fully saturated rings. The van der Waals surface area contributed by atoms with Gasteiger partial charge in [-0.2, -0.15) is 0 Å². The SMILES string of the molecule is O=C(COc1ccc(Oc2ccccc2)cc1)NNC(=O)Cc1c[nH]c2ccccc12. The summed E-state index contributed by atoms with van der Waals surface area (Å²) in [6, 6.07) is 24.1. The van der Waals surface area contributed by atoms with E-state index in [4.69, 9.17) is 9.47 Å². The van der Waals surface area contributed by atoms with Crippen molar-refractivity contribution in [2.24, 2.45) is 0 Å². The fourth-order valence-electron chi connectivity index (χ4n) is 3.05. The van der Waals surface area contributed by atoms with Gasteiger partial charge >= 0.3 is 0 Å². The van der Waals surface area contributed by atoms with Crippen molar-refractivity contribution in [3.63, 3.8) is 0 Å². The largest absolute Gasteiger partial charge is 0.484 e. The van der Waals surface area contributed by atoms with E-state index in [0.717, 1.165) is 22.2 Å². The number of nitrogens with one attached hydrogen (secondary N) is 3. The maximum Gasteiger partial charge on any atom is 0.276 e. The molecular weight excluding hydrogens is 394 g/mol. The Bertz CT molecular complexity index is 1170. The van der Waals surface area contributed by atoms with Gasteiger partial charge in [-0.25, -0.2) is 0 Å². The first kappa shape index (κ1) is 20.0. The zero-order chi connectivity index (χ0) is 21.5. The third-order valence-corrected chi connectivity index (χ3v) is 4.54. The van der Waals surface area contributed by atoms with Gasteiger partial charge in [0.15, 0.2) is 6.61 Å². The molecule has 1 aromatic heterocycles. The number of benzene rings is 3. The summed E-state index contributed by atoms with van der Waals surface area (Å²) in [6.45, 7) is -0.230. The molecule has 0 atom stereocenters. The Morgan fingerprint density at radius 2 is 1.39 bits per heavy atom. The van der Waals surface area contributed by atoms with Crippen molar-refractivity contribution in [2.45, 2.75) is 6.42 Å². The van der Waals surface area contributed by atoms with E-state index in [1.54, 1.807) is 30.5 Å². The average Bonchev–Trinajstić information content (AvgIpc) is 3.21. The molecule has 0 saturated carbocycles. The van der Waals surface area contributed by atoms with Crippen molar-refractivity contribution in [2.75, 3.05) is 6.61 Å². The van der Waals surface area contributed by atoms with Crippen molar-refractivity contribution < 1.29 is 19.1 Å². The Balaban J connectivity index is 1.20. The zero-order valence-corrected chi connectivity index (χ0v) is 16.6. The van der Waals surface area contributed by atoms with E-state index in [-0.39, 0.29) is 18.9 Å². The van der Waals surface area contributed by atoms with Crippen LogP contribution >= 0.6 is 0 Å². The Morgan fingerprint density at radius 1 is 0.742 bits per heavy atom. The number of hydrazine groups is 1. The lowest BCUT2D eigenvalue weighted by Gasteiger charge is -2.10.